The highest BCUT2D eigenvalue weighted by Crippen LogP contribution is 2.36. The average molecular weight is 313 g/mol. The van der Waals surface area contributed by atoms with E-state index in [0.29, 0.717) is 0 Å². The maximum Gasteiger partial charge on any atom is 0.0437 e. The number of halogens is 1. The van der Waals surface area contributed by atoms with Crippen LogP contribution in [0.5, 0.6) is 0 Å². The highest BCUT2D eigenvalue weighted by Gasteiger charge is 2.17. The zero-order valence-corrected chi connectivity index (χ0v) is 13.8. The summed E-state index contributed by atoms with van der Waals surface area (Å²) < 4.78 is 0. The molecular weight excluding hydrogens is 292 g/mol. The van der Waals surface area contributed by atoms with Crippen molar-refractivity contribution in [2.24, 2.45) is 0 Å². The lowest BCUT2D eigenvalue weighted by atomic mass is 9.93. The fraction of sp³-hybridized carbons (Fsp3) is 0.263. The highest BCUT2D eigenvalue weighted by molar-refractivity contribution is 6.31. The number of hydrogen-bond donors (Lipinski definition) is 1. The third-order valence-electron chi connectivity index (χ3n) is 3.97. The quantitative estimate of drug-likeness (QED) is 0.887. The Morgan fingerprint density at radius 1 is 1.14 bits per heavy atom. The molecule has 3 rings (SSSR count). The van der Waals surface area contributed by atoms with Crippen molar-refractivity contribution in [3.63, 3.8) is 0 Å². The molecule has 0 bridgehead atoms. The van der Waals surface area contributed by atoms with Gasteiger partial charge in [-0.05, 0) is 49.3 Å². The second-order valence-electron chi connectivity index (χ2n) is 5.91. The summed E-state index contributed by atoms with van der Waals surface area (Å²) in [6, 6.07) is 14.7. The Bertz CT molecular complexity index is 704. The molecule has 0 saturated carbocycles. The molecule has 1 heterocycles. The summed E-state index contributed by atoms with van der Waals surface area (Å²) in [5.41, 5.74) is 6.28. The van der Waals surface area contributed by atoms with E-state index in [-0.39, 0.29) is 0 Å². The number of nitrogens with one attached hydrogen (secondary N) is 1. The van der Waals surface area contributed by atoms with E-state index in [1.807, 2.05) is 12.1 Å². The minimum atomic E-state index is 0.768. The van der Waals surface area contributed by atoms with Crippen LogP contribution in [-0.2, 0) is 6.54 Å². The zero-order valence-electron chi connectivity index (χ0n) is 13.1. The molecule has 1 aliphatic heterocycles. The van der Waals surface area contributed by atoms with E-state index in [1.165, 1.54) is 22.3 Å². The minimum Gasteiger partial charge on any atom is -0.380 e. The van der Waals surface area contributed by atoms with Crippen LogP contribution >= 0.6 is 11.6 Å². The second-order valence-corrected chi connectivity index (χ2v) is 6.35. The molecule has 0 aliphatic carbocycles. The summed E-state index contributed by atoms with van der Waals surface area (Å²) in [5, 5.41) is 4.28. The van der Waals surface area contributed by atoms with Crippen molar-refractivity contribution in [1.82, 2.24) is 4.90 Å². The van der Waals surface area contributed by atoms with Crippen molar-refractivity contribution in [3.8, 4) is 0 Å². The standard InChI is InChI=1S/C19H21ClN2/c1-22(2)11-5-8-17-16-7-4-3-6-14(16)13-21-19-12-15(20)9-10-18(17)19/h3-4,6-10,12,21H,5,11,13H2,1-2H3/b17-8+. The molecule has 0 atom stereocenters. The van der Waals surface area contributed by atoms with Gasteiger partial charge in [0.25, 0.3) is 0 Å². The van der Waals surface area contributed by atoms with Crippen molar-refractivity contribution in [3.05, 3.63) is 70.3 Å². The number of fused-ring (bicyclic) bond motifs is 2. The number of benzene rings is 2. The van der Waals surface area contributed by atoms with Crippen molar-refractivity contribution < 1.29 is 0 Å². The summed E-state index contributed by atoms with van der Waals surface area (Å²) in [7, 11) is 4.21. The molecule has 2 aromatic rings. The molecule has 0 unspecified atom stereocenters. The summed E-state index contributed by atoms with van der Waals surface area (Å²) in [6.07, 6.45) is 3.37. The molecule has 22 heavy (non-hydrogen) atoms. The third kappa shape index (κ3) is 3.18. The average Bonchev–Trinajstić information content (AvgIpc) is 2.64. The Kier molecular flexibility index (Phi) is 4.51. The first kappa shape index (κ1) is 15.1. The van der Waals surface area contributed by atoms with E-state index in [2.05, 4.69) is 60.7 Å². The summed E-state index contributed by atoms with van der Waals surface area (Å²) in [4.78, 5) is 2.21. The van der Waals surface area contributed by atoms with Crippen molar-refractivity contribution in [2.45, 2.75) is 13.0 Å². The molecule has 2 nitrogen and oxygen atoms in total. The summed E-state index contributed by atoms with van der Waals surface area (Å²) in [6.45, 7) is 1.87. The molecule has 0 fully saturated rings. The van der Waals surface area contributed by atoms with Crippen LogP contribution in [0.1, 0.15) is 23.1 Å². The van der Waals surface area contributed by atoms with Crippen LogP contribution in [0.15, 0.2) is 48.5 Å². The monoisotopic (exact) mass is 312 g/mol. The van der Waals surface area contributed by atoms with Gasteiger partial charge in [0.05, 0.1) is 0 Å². The molecule has 3 heteroatoms. The van der Waals surface area contributed by atoms with E-state index in [0.717, 1.165) is 30.2 Å². The molecular formula is C19H21ClN2. The minimum absolute atomic E-state index is 0.768. The number of anilines is 1. The largest absolute Gasteiger partial charge is 0.380 e. The molecule has 0 amide bonds. The second kappa shape index (κ2) is 6.55. The maximum atomic E-state index is 6.17. The lowest BCUT2D eigenvalue weighted by Crippen LogP contribution is -2.12. The lowest BCUT2D eigenvalue weighted by Gasteiger charge is -2.13. The first-order valence-electron chi connectivity index (χ1n) is 7.62. The molecule has 1 aliphatic rings. The molecule has 2 aromatic carbocycles. The number of hydrogen-bond acceptors (Lipinski definition) is 2. The Labute approximate surface area is 137 Å². The van der Waals surface area contributed by atoms with Gasteiger partial charge in [0.1, 0.15) is 0 Å². The normalized spacial score (nSPS) is 15.2. The molecule has 0 aromatic heterocycles. The van der Waals surface area contributed by atoms with Crippen LogP contribution in [0, 0.1) is 0 Å². The van der Waals surface area contributed by atoms with Crippen molar-refractivity contribution >= 4 is 22.9 Å². The van der Waals surface area contributed by atoms with Gasteiger partial charge in [0.15, 0.2) is 0 Å². The van der Waals surface area contributed by atoms with Crippen LogP contribution in [0.25, 0.3) is 5.57 Å². The van der Waals surface area contributed by atoms with Crippen LogP contribution in [0.3, 0.4) is 0 Å². The van der Waals surface area contributed by atoms with Gasteiger partial charge < -0.3 is 10.2 Å². The SMILES string of the molecule is CN(C)CC/C=C1\c2ccccc2CNc2cc(Cl)ccc21. The fourth-order valence-corrected chi connectivity index (χ4v) is 3.03. The molecule has 0 radical (unpaired) electrons. The van der Waals surface area contributed by atoms with E-state index in [9.17, 15) is 0 Å². The van der Waals surface area contributed by atoms with Crippen LogP contribution < -0.4 is 5.32 Å². The van der Waals surface area contributed by atoms with E-state index >= 15 is 0 Å². The van der Waals surface area contributed by atoms with E-state index in [4.69, 9.17) is 11.6 Å². The van der Waals surface area contributed by atoms with Gasteiger partial charge in [0.2, 0.25) is 0 Å². The Morgan fingerprint density at radius 3 is 2.77 bits per heavy atom. The number of rotatable bonds is 3. The third-order valence-corrected chi connectivity index (χ3v) is 4.21. The van der Waals surface area contributed by atoms with Crippen LogP contribution in [0.2, 0.25) is 5.02 Å². The van der Waals surface area contributed by atoms with Crippen molar-refractivity contribution in [2.75, 3.05) is 26.0 Å². The lowest BCUT2D eigenvalue weighted by molar-refractivity contribution is 0.417. The van der Waals surface area contributed by atoms with E-state index in [1.54, 1.807) is 0 Å². The van der Waals surface area contributed by atoms with Crippen molar-refractivity contribution in [1.29, 1.82) is 0 Å². The van der Waals surface area contributed by atoms with Gasteiger partial charge in [-0.2, -0.15) is 0 Å². The van der Waals surface area contributed by atoms with Gasteiger partial charge in [-0.1, -0.05) is 48.0 Å². The topological polar surface area (TPSA) is 15.3 Å². The Hall–Kier alpha value is -1.77. The van der Waals surface area contributed by atoms with E-state index < -0.39 is 0 Å². The zero-order chi connectivity index (χ0) is 15.5. The smallest absolute Gasteiger partial charge is 0.0437 e. The van der Waals surface area contributed by atoms with Crippen LogP contribution in [-0.4, -0.2) is 25.5 Å². The fourth-order valence-electron chi connectivity index (χ4n) is 2.86. The Morgan fingerprint density at radius 2 is 1.95 bits per heavy atom. The van der Waals surface area contributed by atoms with Crippen LogP contribution in [0.4, 0.5) is 5.69 Å². The Balaban J connectivity index is 2.08. The highest BCUT2D eigenvalue weighted by atomic mass is 35.5. The summed E-state index contributed by atoms with van der Waals surface area (Å²) >= 11 is 6.17. The number of nitrogens with zero attached hydrogens (tertiary/aromatic N) is 1. The molecule has 0 saturated heterocycles. The molecule has 1 N–H and O–H groups in total. The van der Waals surface area contributed by atoms with Gasteiger partial charge in [-0.3, -0.25) is 0 Å². The summed E-state index contributed by atoms with van der Waals surface area (Å²) in [5.74, 6) is 0. The maximum absolute atomic E-state index is 6.17. The van der Waals surface area contributed by atoms with Gasteiger partial charge in [-0.15, -0.1) is 0 Å². The van der Waals surface area contributed by atoms with Gasteiger partial charge in [-0.25, -0.2) is 0 Å². The predicted octanol–water partition coefficient (Wildman–Crippen LogP) is 4.65. The van der Waals surface area contributed by atoms with Gasteiger partial charge in [0, 0.05) is 29.4 Å². The molecule has 0 spiro atoms. The first-order valence-corrected chi connectivity index (χ1v) is 8.00. The first-order chi connectivity index (χ1) is 10.6. The predicted molar refractivity (Wildman–Crippen MR) is 95.5 cm³/mol. The van der Waals surface area contributed by atoms with Gasteiger partial charge >= 0.3 is 0 Å². The molecule has 114 valence electrons.